The van der Waals surface area contributed by atoms with Gasteiger partial charge < -0.3 is 14.2 Å². The minimum Gasteiger partial charge on any atom is -0.463 e. The lowest BCUT2D eigenvalue weighted by molar-refractivity contribution is -0.149. The molecule has 1 aliphatic rings. The molecule has 0 bridgehead atoms. The highest BCUT2D eigenvalue weighted by Crippen LogP contribution is 2.32. The molecule has 0 amide bonds. The quantitative estimate of drug-likeness (QED) is 0.547. The van der Waals surface area contributed by atoms with Crippen LogP contribution in [0.25, 0.3) is 0 Å². The monoisotopic (exact) mass is 228 g/mol. The van der Waals surface area contributed by atoms with Crippen molar-refractivity contribution in [1.29, 1.82) is 0 Å². The van der Waals surface area contributed by atoms with Crippen LogP contribution in [0.1, 0.15) is 34.6 Å². The third-order valence-electron chi connectivity index (χ3n) is 2.30. The molecule has 0 aromatic rings. The molecule has 1 atom stereocenters. The molecule has 0 saturated carbocycles. The molecule has 4 nitrogen and oxygen atoms in total. The van der Waals surface area contributed by atoms with Crippen molar-refractivity contribution in [2.24, 2.45) is 0 Å². The van der Waals surface area contributed by atoms with Crippen LogP contribution in [0.3, 0.4) is 0 Å². The van der Waals surface area contributed by atoms with Crippen molar-refractivity contribution in [2.75, 3.05) is 13.2 Å². The standard InChI is InChI=1S/C12H20O4/c1-6-14-10(13)9(2)7-12(5)8-15-11(3,4)16-12/h7H,6,8H2,1-5H3/b9-7+/t12-/m1/s1. The Balaban J connectivity index is 2.72. The second kappa shape index (κ2) is 4.55. The number of rotatable bonds is 3. The van der Waals surface area contributed by atoms with Crippen molar-refractivity contribution in [2.45, 2.75) is 46.0 Å². The lowest BCUT2D eigenvalue weighted by atomic mass is 10.0. The first-order valence-corrected chi connectivity index (χ1v) is 5.49. The van der Waals surface area contributed by atoms with Gasteiger partial charge in [-0.05, 0) is 40.7 Å². The first-order valence-electron chi connectivity index (χ1n) is 5.49. The Morgan fingerprint density at radius 3 is 2.50 bits per heavy atom. The minimum absolute atomic E-state index is 0.308. The van der Waals surface area contributed by atoms with Gasteiger partial charge in [0, 0.05) is 5.57 Å². The van der Waals surface area contributed by atoms with Crippen molar-refractivity contribution in [3.05, 3.63) is 11.6 Å². The Hall–Kier alpha value is -0.870. The van der Waals surface area contributed by atoms with E-state index in [1.807, 2.05) is 20.8 Å². The van der Waals surface area contributed by atoms with Gasteiger partial charge in [-0.1, -0.05) is 0 Å². The van der Waals surface area contributed by atoms with Crippen LogP contribution in [0.15, 0.2) is 11.6 Å². The lowest BCUT2D eigenvalue weighted by Gasteiger charge is -2.22. The predicted molar refractivity (Wildman–Crippen MR) is 59.9 cm³/mol. The zero-order valence-corrected chi connectivity index (χ0v) is 10.6. The molecule has 1 saturated heterocycles. The van der Waals surface area contributed by atoms with Gasteiger partial charge in [-0.25, -0.2) is 4.79 Å². The van der Waals surface area contributed by atoms with E-state index >= 15 is 0 Å². The SMILES string of the molecule is CCOC(=O)/C(C)=C/[C@]1(C)COC(C)(C)O1. The summed E-state index contributed by atoms with van der Waals surface area (Å²) in [6.45, 7) is 9.92. The summed E-state index contributed by atoms with van der Waals surface area (Å²) in [5.74, 6) is -0.905. The number of ether oxygens (including phenoxy) is 3. The van der Waals surface area contributed by atoms with Crippen LogP contribution < -0.4 is 0 Å². The summed E-state index contributed by atoms with van der Waals surface area (Å²) in [6.07, 6.45) is 1.76. The number of carbonyl (C=O) groups excluding carboxylic acids is 1. The topological polar surface area (TPSA) is 44.8 Å². The Labute approximate surface area is 96.6 Å². The molecule has 0 aromatic heterocycles. The molecule has 16 heavy (non-hydrogen) atoms. The van der Waals surface area contributed by atoms with Crippen molar-refractivity contribution < 1.29 is 19.0 Å². The molecule has 0 spiro atoms. The fourth-order valence-electron chi connectivity index (χ4n) is 1.77. The van der Waals surface area contributed by atoms with Gasteiger partial charge in [-0.2, -0.15) is 0 Å². The molecule has 0 radical (unpaired) electrons. The minimum atomic E-state index is -0.597. The molecule has 1 heterocycles. The third-order valence-corrected chi connectivity index (χ3v) is 2.30. The van der Waals surface area contributed by atoms with E-state index in [9.17, 15) is 4.79 Å². The van der Waals surface area contributed by atoms with Gasteiger partial charge in [0.1, 0.15) is 5.60 Å². The summed E-state index contributed by atoms with van der Waals surface area (Å²) in [5.41, 5.74) is -0.00832. The van der Waals surface area contributed by atoms with E-state index in [2.05, 4.69) is 0 Å². The summed E-state index contributed by atoms with van der Waals surface area (Å²) in [4.78, 5) is 11.4. The zero-order valence-electron chi connectivity index (χ0n) is 10.6. The largest absolute Gasteiger partial charge is 0.463 e. The van der Waals surface area contributed by atoms with Crippen LogP contribution in [-0.2, 0) is 19.0 Å². The van der Waals surface area contributed by atoms with E-state index in [0.717, 1.165) is 0 Å². The van der Waals surface area contributed by atoms with Crippen molar-refractivity contribution >= 4 is 5.97 Å². The van der Waals surface area contributed by atoms with E-state index in [0.29, 0.717) is 18.8 Å². The van der Waals surface area contributed by atoms with Crippen LogP contribution in [0.5, 0.6) is 0 Å². The second-order valence-corrected chi connectivity index (χ2v) is 4.65. The van der Waals surface area contributed by atoms with Crippen molar-refractivity contribution in [1.82, 2.24) is 0 Å². The van der Waals surface area contributed by atoms with Crippen molar-refractivity contribution in [3.8, 4) is 0 Å². The smallest absolute Gasteiger partial charge is 0.333 e. The van der Waals surface area contributed by atoms with Gasteiger partial charge >= 0.3 is 5.97 Å². The Kier molecular flexibility index (Phi) is 3.76. The molecule has 4 heteroatoms. The molecule has 0 aliphatic carbocycles. The molecule has 1 aliphatic heterocycles. The fraction of sp³-hybridized carbons (Fsp3) is 0.750. The van der Waals surface area contributed by atoms with Crippen LogP contribution in [0, 0.1) is 0 Å². The first-order chi connectivity index (χ1) is 7.28. The molecular weight excluding hydrogens is 208 g/mol. The number of esters is 1. The Bertz CT molecular complexity index is 306. The highest BCUT2D eigenvalue weighted by Gasteiger charge is 2.40. The highest BCUT2D eigenvalue weighted by atomic mass is 16.7. The lowest BCUT2D eigenvalue weighted by Crippen LogP contribution is -2.29. The van der Waals surface area contributed by atoms with Gasteiger partial charge in [-0.3, -0.25) is 0 Å². The van der Waals surface area contributed by atoms with E-state index in [4.69, 9.17) is 14.2 Å². The molecule has 0 aromatic carbocycles. The first kappa shape index (κ1) is 13.2. The Morgan fingerprint density at radius 1 is 1.44 bits per heavy atom. The predicted octanol–water partition coefficient (Wildman–Crippen LogP) is 2.04. The second-order valence-electron chi connectivity index (χ2n) is 4.65. The zero-order chi connectivity index (χ0) is 12.4. The number of carbonyl (C=O) groups is 1. The van der Waals surface area contributed by atoms with E-state index in [-0.39, 0.29) is 5.97 Å². The van der Waals surface area contributed by atoms with Gasteiger partial charge in [0.15, 0.2) is 5.79 Å². The molecule has 1 fully saturated rings. The van der Waals surface area contributed by atoms with E-state index < -0.39 is 11.4 Å². The summed E-state index contributed by atoms with van der Waals surface area (Å²) < 4.78 is 16.1. The summed E-state index contributed by atoms with van der Waals surface area (Å²) in [5, 5.41) is 0. The normalized spacial score (nSPS) is 29.2. The summed E-state index contributed by atoms with van der Waals surface area (Å²) >= 11 is 0. The molecule has 1 rings (SSSR count). The molecule has 0 N–H and O–H groups in total. The van der Waals surface area contributed by atoms with Gasteiger partial charge in [0.2, 0.25) is 0 Å². The number of hydrogen-bond acceptors (Lipinski definition) is 4. The summed E-state index contributed by atoms with van der Waals surface area (Å²) in [6, 6.07) is 0. The maximum absolute atomic E-state index is 11.4. The van der Waals surface area contributed by atoms with Gasteiger partial charge in [-0.15, -0.1) is 0 Å². The van der Waals surface area contributed by atoms with E-state index in [1.165, 1.54) is 0 Å². The Morgan fingerprint density at radius 2 is 2.06 bits per heavy atom. The molecule has 0 unspecified atom stereocenters. The molecular formula is C12H20O4. The molecule has 92 valence electrons. The van der Waals surface area contributed by atoms with Gasteiger partial charge in [0.25, 0.3) is 0 Å². The summed E-state index contributed by atoms with van der Waals surface area (Å²) in [7, 11) is 0. The van der Waals surface area contributed by atoms with Crippen LogP contribution in [0.4, 0.5) is 0 Å². The fourth-order valence-corrected chi connectivity index (χ4v) is 1.77. The van der Waals surface area contributed by atoms with Gasteiger partial charge in [0.05, 0.1) is 13.2 Å². The van der Waals surface area contributed by atoms with Crippen LogP contribution in [-0.4, -0.2) is 30.6 Å². The third kappa shape index (κ3) is 3.32. The number of hydrogen-bond donors (Lipinski definition) is 0. The van der Waals surface area contributed by atoms with Crippen LogP contribution >= 0.6 is 0 Å². The average molecular weight is 228 g/mol. The van der Waals surface area contributed by atoms with Crippen LogP contribution in [0.2, 0.25) is 0 Å². The highest BCUT2D eigenvalue weighted by molar-refractivity contribution is 5.87. The average Bonchev–Trinajstić information content (AvgIpc) is 2.40. The maximum atomic E-state index is 11.4. The van der Waals surface area contributed by atoms with E-state index in [1.54, 1.807) is 19.9 Å². The maximum Gasteiger partial charge on any atom is 0.333 e. The van der Waals surface area contributed by atoms with Crippen molar-refractivity contribution in [3.63, 3.8) is 0 Å².